The Morgan fingerprint density at radius 3 is 2.38 bits per heavy atom. The molecule has 1 amide bonds. The summed E-state index contributed by atoms with van der Waals surface area (Å²) in [7, 11) is 2.04. The Morgan fingerprint density at radius 1 is 1.38 bits per heavy atom. The zero-order valence-electron chi connectivity index (χ0n) is 10.8. The fourth-order valence-corrected chi connectivity index (χ4v) is 2.11. The number of likely N-dealkylation sites (N-methyl/N-ethyl adjacent to an activating group) is 1. The molecule has 16 heavy (non-hydrogen) atoms. The van der Waals surface area contributed by atoms with Crippen LogP contribution in [0.1, 0.15) is 33.1 Å². The molecule has 2 N–H and O–H groups in total. The van der Waals surface area contributed by atoms with Crippen molar-refractivity contribution in [2.24, 2.45) is 5.73 Å². The normalized spacial score (nSPS) is 18.5. The number of rotatable bonds is 5. The Kier molecular flexibility index (Phi) is 5.22. The van der Waals surface area contributed by atoms with Gasteiger partial charge in [0.15, 0.2) is 0 Å². The molecule has 0 saturated carbocycles. The maximum absolute atomic E-state index is 12.0. The average Bonchev–Trinajstić information content (AvgIpc) is 2.77. The van der Waals surface area contributed by atoms with Crippen LogP contribution in [-0.4, -0.2) is 54.5 Å². The van der Waals surface area contributed by atoms with Crippen molar-refractivity contribution < 1.29 is 4.79 Å². The fourth-order valence-electron chi connectivity index (χ4n) is 2.11. The van der Waals surface area contributed by atoms with E-state index >= 15 is 0 Å². The first kappa shape index (κ1) is 13.5. The minimum Gasteiger partial charge on any atom is -0.343 e. The highest BCUT2D eigenvalue weighted by molar-refractivity contribution is 5.77. The van der Waals surface area contributed by atoms with Crippen LogP contribution in [0.5, 0.6) is 0 Å². The van der Waals surface area contributed by atoms with E-state index in [4.69, 9.17) is 5.73 Å². The van der Waals surface area contributed by atoms with Crippen LogP contribution in [0.15, 0.2) is 0 Å². The summed E-state index contributed by atoms with van der Waals surface area (Å²) in [6, 6.07) is 0.605. The third-order valence-corrected chi connectivity index (χ3v) is 3.53. The van der Waals surface area contributed by atoms with Crippen LogP contribution >= 0.6 is 0 Å². The average molecular weight is 227 g/mol. The number of amides is 1. The van der Waals surface area contributed by atoms with Gasteiger partial charge in [0.2, 0.25) is 5.91 Å². The molecule has 0 spiro atoms. The van der Waals surface area contributed by atoms with E-state index in [2.05, 4.69) is 18.7 Å². The van der Waals surface area contributed by atoms with Crippen LogP contribution in [0, 0.1) is 0 Å². The highest BCUT2D eigenvalue weighted by atomic mass is 16.2. The first-order valence-electron chi connectivity index (χ1n) is 6.26. The van der Waals surface area contributed by atoms with E-state index < -0.39 is 0 Å². The van der Waals surface area contributed by atoms with Crippen molar-refractivity contribution in [3.8, 4) is 0 Å². The number of nitrogens with zero attached hydrogens (tertiary/aromatic N) is 2. The smallest absolute Gasteiger partial charge is 0.224 e. The summed E-state index contributed by atoms with van der Waals surface area (Å²) >= 11 is 0. The first-order chi connectivity index (χ1) is 7.56. The SMILES string of the molecule is CC(C)N(C)C(CN)CC(=O)N1CCCC1. The summed E-state index contributed by atoms with van der Waals surface area (Å²) in [4.78, 5) is 16.1. The molecular formula is C12H25N3O. The van der Waals surface area contributed by atoms with Crippen LogP contribution < -0.4 is 5.73 Å². The highest BCUT2D eigenvalue weighted by Gasteiger charge is 2.24. The fraction of sp³-hybridized carbons (Fsp3) is 0.917. The van der Waals surface area contributed by atoms with Gasteiger partial charge in [-0.1, -0.05) is 0 Å². The van der Waals surface area contributed by atoms with Gasteiger partial charge >= 0.3 is 0 Å². The maximum atomic E-state index is 12.0. The van der Waals surface area contributed by atoms with Crippen LogP contribution in [0.2, 0.25) is 0 Å². The number of likely N-dealkylation sites (tertiary alicyclic amines) is 1. The summed E-state index contributed by atoms with van der Waals surface area (Å²) in [6.45, 7) is 6.67. The predicted octanol–water partition coefficient (Wildman–Crippen LogP) is 0.666. The van der Waals surface area contributed by atoms with E-state index in [1.54, 1.807) is 0 Å². The van der Waals surface area contributed by atoms with Gasteiger partial charge in [-0.2, -0.15) is 0 Å². The third kappa shape index (κ3) is 3.46. The van der Waals surface area contributed by atoms with Crippen LogP contribution in [0.3, 0.4) is 0 Å². The quantitative estimate of drug-likeness (QED) is 0.751. The van der Waals surface area contributed by atoms with Crippen LogP contribution in [-0.2, 0) is 4.79 Å². The van der Waals surface area contributed by atoms with E-state index in [-0.39, 0.29) is 11.9 Å². The summed E-state index contributed by atoms with van der Waals surface area (Å²) in [5.74, 6) is 0.264. The van der Waals surface area contributed by atoms with Gasteiger partial charge in [0.1, 0.15) is 0 Å². The molecule has 1 heterocycles. The zero-order chi connectivity index (χ0) is 12.1. The van der Waals surface area contributed by atoms with Crippen molar-refractivity contribution in [3.63, 3.8) is 0 Å². The lowest BCUT2D eigenvalue weighted by atomic mass is 10.1. The molecule has 0 aromatic heterocycles. The number of hydrogen-bond donors (Lipinski definition) is 1. The third-order valence-electron chi connectivity index (χ3n) is 3.53. The summed E-state index contributed by atoms with van der Waals surface area (Å²) < 4.78 is 0. The second kappa shape index (κ2) is 6.21. The molecule has 4 nitrogen and oxygen atoms in total. The molecule has 0 aliphatic carbocycles. The van der Waals surface area contributed by atoms with Crippen molar-refractivity contribution in [2.75, 3.05) is 26.7 Å². The van der Waals surface area contributed by atoms with Gasteiger partial charge in [-0.05, 0) is 33.7 Å². The minimum absolute atomic E-state index is 0.174. The molecule has 1 unspecified atom stereocenters. The number of nitrogens with two attached hydrogens (primary N) is 1. The van der Waals surface area contributed by atoms with E-state index in [0.29, 0.717) is 19.0 Å². The molecular weight excluding hydrogens is 202 g/mol. The second-order valence-corrected chi connectivity index (χ2v) is 4.94. The van der Waals surface area contributed by atoms with Gasteiger partial charge in [0, 0.05) is 38.1 Å². The molecule has 1 saturated heterocycles. The lowest BCUT2D eigenvalue weighted by Crippen LogP contribution is -2.45. The summed E-state index contributed by atoms with van der Waals surface area (Å²) in [5, 5.41) is 0. The molecule has 94 valence electrons. The van der Waals surface area contributed by atoms with Gasteiger partial charge in [-0.3, -0.25) is 9.69 Å². The number of hydrogen-bond acceptors (Lipinski definition) is 3. The lowest BCUT2D eigenvalue weighted by Gasteiger charge is -2.31. The number of carbonyl (C=O) groups is 1. The van der Waals surface area contributed by atoms with E-state index in [1.807, 2.05) is 11.9 Å². The molecule has 1 atom stereocenters. The lowest BCUT2D eigenvalue weighted by molar-refractivity contribution is -0.131. The Bertz CT molecular complexity index is 224. The van der Waals surface area contributed by atoms with Gasteiger partial charge in [-0.25, -0.2) is 0 Å². The van der Waals surface area contributed by atoms with E-state index in [1.165, 1.54) is 0 Å². The Hall–Kier alpha value is -0.610. The zero-order valence-corrected chi connectivity index (χ0v) is 10.8. The standard InChI is InChI=1S/C12H25N3O/c1-10(2)14(3)11(9-13)8-12(16)15-6-4-5-7-15/h10-11H,4-9,13H2,1-3H3. The van der Waals surface area contributed by atoms with Crippen molar-refractivity contribution >= 4 is 5.91 Å². The summed E-state index contributed by atoms with van der Waals surface area (Å²) in [5.41, 5.74) is 5.75. The summed E-state index contributed by atoms with van der Waals surface area (Å²) in [6.07, 6.45) is 2.86. The highest BCUT2D eigenvalue weighted by Crippen LogP contribution is 2.12. The van der Waals surface area contributed by atoms with E-state index in [9.17, 15) is 4.79 Å². The molecule has 1 aliphatic heterocycles. The van der Waals surface area contributed by atoms with Gasteiger partial charge in [0.05, 0.1) is 0 Å². The molecule has 1 aliphatic rings. The minimum atomic E-state index is 0.174. The van der Waals surface area contributed by atoms with Gasteiger partial charge < -0.3 is 10.6 Å². The largest absolute Gasteiger partial charge is 0.343 e. The first-order valence-corrected chi connectivity index (χ1v) is 6.26. The number of carbonyl (C=O) groups excluding carboxylic acids is 1. The molecule has 0 bridgehead atoms. The molecule has 0 radical (unpaired) electrons. The second-order valence-electron chi connectivity index (χ2n) is 4.94. The molecule has 1 rings (SSSR count). The Morgan fingerprint density at radius 2 is 1.94 bits per heavy atom. The Labute approximate surface area is 98.8 Å². The topological polar surface area (TPSA) is 49.6 Å². The van der Waals surface area contributed by atoms with Gasteiger partial charge in [-0.15, -0.1) is 0 Å². The van der Waals surface area contributed by atoms with Crippen molar-refractivity contribution in [3.05, 3.63) is 0 Å². The molecule has 0 aromatic rings. The maximum Gasteiger partial charge on any atom is 0.224 e. The monoisotopic (exact) mass is 227 g/mol. The van der Waals surface area contributed by atoms with Crippen molar-refractivity contribution in [1.29, 1.82) is 0 Å². The van der Waals surface area contributed by atoms with Crippen LogP contribution in [0.25, 0.3) is 0 Å². The van der Waals surface area contributed by atoms with E-state index in [0.717, 1.165) is 25.9 Å². The Balaban J connectivity index is 2.45. The van der Waals surface area contributed by atoms with Gasteiger partial charge in [0.25, 0.3) is 0 Å². The molecule has 0 aromatic carbocycles. The van der Waals surface area contributed by atoms with Crippen molar-refractivity contribution in [2.45, 2.75) is 45.2 Å². The predicted molar refractivity (Wildman–Crippen MR) is 66.2 cm³/mol. The molecule has 1 fully saturated rings. The van der Waals surface area contributed by atoms with Crippen LogP contribution in [0.4, 0.5) is 0 Å². The van der Waals surface area contributed by atoms with Crippen molar-refractivity contribution in [1.82, 2.24) is 9.80 Å². The molecule has 4 heteroatoms.